The molecule has 0 saturated carbocycles. The van der Waals surface area contributed by atoms with Crippen molar-refractivity contribution in [3.05, 3.63) is 10.6 Å². The Morgan fingerprint density at radius 3 is 1.80 bits per heavy atom. The van der Waals surface area contributed by atoms with Crippen molar-refractivity contribution in [1.82, 2.24) is 0 Å². The van der Waals surface area contributed by atoms with Crippen LogP contribution in [-0.2, 0) is 4.57 Å². The maximum atomic E-state index is 9.81. The second kappa shape index (κ2) is 9.26. The predicted molar refractivity (Wildman–Crippen MR) is 34.4 cm³/mol. The van der Waals surface area contributed by atoms with Gasteiger partial charge in [-0.2, -0.15) is 9.37 Å². The minimum absolute atomic E-state index is 0. The number of hydrogen-bond donors (Lipinski definition) is 0. The topological polar surface area (TPSA) is 73.6 Å². The van der Waals surface area contributed by atoms with E-state index in [2.05, 4.69) is 13.1 Å². The van der Waals surface area contributed by atoms with E-state index in [0.29, 0.717) is 0 Å². The molecule has 0 aliphatic carbocycles. The molecule has 1 aromatic heterocycles. The van der Waals surface area contributed by atoms with Gasteiger partial charge in [0.2, 0.25) is 0 Å². The fourth-order valence-electron chi connectivity index (χ4n) is 0.152. The van der Waals surface area contributed by atoms with E-state index in [0.717, 1.165) is 0 Å². The largest absolute Gasteiger partial charge is 0.850 e. The van der Waals surface area contributed by atoms with Crippen molar-refractivity contribution in [3.63, 3.8) is 0 Å². The molecule has 3 radical (unpaired) electrons. The summed E-state index contributed by atoms with van der Waals surface area (Å²) in [5, 5.41) is 0. The minimum Gasteiger partial charge on any atom is -0.197 e. The zero-order valence-electron chi connectivity index (χ0n) is 5.99. The first-order chi connectivity index (χ1) is 3.29. The zero-order chi connectivity index (χ0) is 5.28. The summed E-state index contributed by atoms with van der Waals surface area (Å²) in [5.41, 5.74) is 0. The molecular weight excluding hydrogens is 192 g/mol. The fourth-order valence-corrected chi connectivity index (χ4v) is 0.456. The van der Waals surface area contributed by atoms with Crippen molar-refractivity contribution in [2.75, 3.05) is 0 Å². The van der Waals surface area contributed by atoms with Crippen molar-refractivity contribution in [2.45, 2.75) is 0 Å². The first-order valence-corrected chi connectivity index (χ1v) is 2.42. The molecule has 0 amide bonds. The summed E-state index contributed by atoms with van der Waals surface area (Å²) in [7, 11) is -2.33. The molecule has 41 valence electrons. The second-order valence-corrected chi connectivity index (χ2v) is 1.50. The monoisotopic (exact) mass is 192 g/mol. The SMILES string of the molecule is O=c1oo[p+](=O)o1.[Na].[Na].[Na]. The molecule has 1 atom stereocenters. The maximum Gasteiger partial charge on any atom is 0.850 e. The van der Waals surface area contributed by atoms with Crippen LogP contribution < -0.4 is 5.82 Å². The van der Waals surface area contributed by atoms with Gasteiger partial charge in [-0.25, -0.2) is 0 Å². The van der Waals surface area contributed by atoms with E-state index >= 15 is 0 Å². The van der Waals surface area contributed by atoms with Gasteiger partial charge in [-0.1, -0.05) is 0 Å². The summed E-state index contributed by atoms with van der Waals surface area (Å²) < 4.78 is 20.9. The van der Waals surface area contributed by atoms with Crippen LogP contribution in [0.1, 0.15) is 0 Å². The third-order valence-electron chi connectivity index (χ3n) is 0.315. The summed E-state index contributed by atoms with van der Waals surface area (Å²) in [5.74, 6) is -1.05. The van der Waals surface area contributed by atoms with Gasteiger partial charge in [-0.15, -0.1) is 4.20 Å². The van der Waals surface area contributed by atoms with Crippen LogP contribution in [0.5, 0.6) is 0 Å². The molecule has 0 saturated heterocycles. The van der Waals surface area contributed by atoms with Gasteiger partial charge in [0, 0.05) is 93.2 Å². The van der Waals surface area contributed by atoms with E-state index in [-0.39, 0.29) is 88.7 Å². The molecule has 1 rings (SSSR count). The van der Waals surface area contributed by atoms with Crippen LogP contribution >= 0.6 is 7.89 Å². The molecule has 1 heterocycles. The molecule has 0 aromatic carbocycles. The van der Waals surface area contributed by atoms with E-state index in [1.807, 2.05) is 0 Å². The molecule has 1 unspecified atom stereocenters. The van der Waals surface area contributed by atoms with Gasteiger partial charge in [0.25, 0.3) is 0 Å². The van der Waals surface area contributed by atoms with Crippen LogP contribution in [0, 0.1) is 0 Å². The van der Waals surface area contributed by atoms with Crippen LogP contribution in [0.4, 0.5) is 0 Å². The van der Waals surface area contributed by atoms with Gasteiger partial charge in [-0.3, -0.25) is 0 Å². The predicted octanol–water partition coefficient (Wildman–Crippen LogP) is -0.574. The fraction of sp³-hybridized carbons (Fsp3) is 0. The molecule has 0 spiro atoms. The Labute approximate surface area is 123 Å². The van der Waals surface area contributed by atoms with Gasteiger partial charge < -0.3 is 0 Å². The molecule has 0 aliphatic heterocycles. The van der Waals surface area contributed by atoms with Crippen molar-refractivity contribution < 1.29 is 17.7 Å². The van der Waals surface area contributed by atoms with E-state index in [9.17, 15) is 9.36 Å². The van der Waals surface area contributed by atoms with Gasteiger partial charge in [0.15, 0.2) is 0 Å². The molecule has 0 bridgehead atoms. The first-order valence-electron chi connectivity index (χ1n) is 1.33. The molecule has 5 nitrogen and oxygen atoms in total. The van der Waals surface area contributed by atoms with E-state index < -0.39 is 13.7 Å². The minimum atomic E-state index is -2.33. The smallest absolute Gasteiger partial charge is 0.197 e. The Hall–Kier alpha value is 2.17. The normalized spacial score (nSPS) is 8.20. The average molecular weight is 192 g/mol. The summed E-state index contributed by atoms with van der Waals surface area (Å²) >= 11 is 0. The Balaban J connectivity index is -0.000000163. The summed E-state index contributed by atoms with van der Waals surface area (Å²) in [6.07, 6.45) is 0. The van der Waals surface area contributed by atoms with Crippen LogP contribution in [0.25, 0.3) is 0 Å². The third kappa shape index (κ3) is 6.85. The van der Waals surface area contributed by atoms with Gasteiger partial charge >= 0.3 is 13.7 Å². The first kappa shape index (κ1) is 18.1. The zero-order valence-corrected chi connectivity index (χ0v) is 12.9. The third-order valence-corrected chi connectivity index (χ3v) is 0.810. The molecule has 10 heavy (non-hydrogen) atoms. The van der Waals surface area contributed by atoms with E-state index in [1.54, 1.807) is 0 Å². The van der Waals surface area contributed by atoms with Crippen LogP contribution in [0.2, 0.25) is 0 Å². The molecular formula is CNa3O5P+. The Morgan fingerprint density at radius 2 is 1.70 bits per heavy atom. The van der Waals surface area contributed by atoms with E-state index in [4.69, 9.17) is 0 Å². The van der Waals surface area contributed by atoms with E-state index in [1.165, 1.54) is 0 Å². The standard InChI is InChI=1S/CO5P.3Na/c2-1-4-6-7(3)5-1;;;/q+1;;;. The average Bonchev–Trinajstić information content (AvgIpc) is 1.87. The van der Waals surface area contributed by atoms with Gasteiger partial charge in [-0.05, 0) is 4.36 Å². The van der Waals surface area contributed by atoms with Crippen LogP contribution in [-0.4, -0.2) is 88.7 Å². The molecule has 0 N–H and O–H groups in total. The Bertz CT molecular complexity index is 221. The van der Waals surface area contributed by atoms with Gasteiger partial charge in [0.05, 0.1) is 0 Å². The maximum absolute atomic E-state index is 9.81. The number of rotatable bonds is 0. The summed E-state index contributed by atoms with van der Waals surface area (Å²) in [6, 6.07) is 0. The van der Waals surface area contributed by atoms with Crippen molar-refractivity contribution >= 4 is 96.6 Å². The van der Waals surface area contributed by atoms with Crippen molar-refractivity contribution in [3.8, 4) is 0 Å². The van der Waals surface area contributed by atoms with Crippen molar-refractivity contribution in [2.24, 2.45) is 0 Å². The second-order valence-electron chi connectivity index (χ2n) is 0.723. The Morgan fingerprint density at radius 1 is 1.20 bits per heavy atom. The summed E-state index contributed by atoms with van der Waals surface area (Å²) in [4.78, 5) is 9.70. The molecule has 9 heteroatoms. The van der Waals surface area contributed by atoms with Crippen molar-refractivity contribution in [1.29, 1.82) is 0 Å². The Kier molecular flexibility index (Phi) is 16.7. The number of hydrogen-bond acceptors (Lipinski definition) is 5. The quantitative estimate of drug-likeness (QED) is 0.406. The molecule has 0 fully saturated rings. The molecule has 1 aromatic rings. The van der Waals surface area contributed by atoms with Crippen LogP contribution in [0.15, 0.2) is 17.9 Å². The van der Waals surface area contributed by atoms with Crippen LogP contribution in [0.3, 0.4) is 0 Å². The van der Waals surface area contributed by atoms with Gasteiger partial charge in [0.1, 0.15) is 0 Å². The molecule has 0 aliphatic rings. The summed E-state index contributed by atoms with van der Waals surface area (Å²) in [6.45, 7) is 0.